The second-order valence-electron chi connectivity index (χ2n) is 5.35. The summed E-state index contributed by atoms with van der Waals surface area (Å²) in [6.45, 7) is 5.15. The van der Waals surface area contributed by atoms with E-state index in [2.05, 4.69) is 13.8 Å². The fourth-order valence-corrected chi connectivity index (χ4v) is 2.55. The van der Waals surface area contributed by atoms with E-state index in [9.17, 15) is 0 Å². The molecule has 0 aliphatic heterocycles. The van der Waals surface area contributed by atoms with Crippen molar-refractivity contribution < 1.29 is 5.11 Å². The van der Waals surface area contributed by atoms with Crippen LogP contribution in [0.3, 0.4) is 0 Å². The van der Waals surface area contributed by atoms with E-state index in [-0.39, 0.29) is 0 Å². The fourth-order valence-electron chi connectivity index (χ4n) is 2.55. The van der Waals surface area contributed by atoms with Crippen LogP contribution in [-0.4, -0.2) is 11.7 Å². The maximum absolute atomic E-state index is 8.64. The van der Waals surface area contributed by atoms with E-state index in [0.717, 1.165) is 12.3 Å². The van der Waals surface area contributed by atoms with Crippen molar-refractivity contribution in [3.63, 3.8) is 0 Å². The van der Waals surface area contributed by atoms with Gasteiger partial charge in [-0.1, -0.05) is 33.1 Å². The molecule has 1 unspecified atom stereocenters. The number of hydrogen-bond donors (Lipinski definition) is 1. The molecule has 1 aliphatic rings. The number of unbranched alkanes of at least 4 members (excludes halogenated alkanes) is 2. The predicted octanol–water partition coefficient (Wildman–Crippen LogP) is 3.37. The van der Waals surface area contributed by atoms with E-state index in [0.29, 0.717) is 12.0 Å². The van der Waals surface area contributed by atoms with Crippen LogP contribution in [0.5, 0.6) is 0 Å². The maximum atomic E-state index is 8.64. The summed E-state index contributed by atoms with van der Waals surface area (Å²) >= 11 is 0. The molecule has 0 bridgehead atoms. The first kappa shape index (κ1) is 11.0. The van der Waals surface area contributed by atoms with Crippen molar-refractivity contribution in [3.05, 3.63) is 0 Å². The Bertz CT molecular complexity index is 140. The minimum absolute atomic E-state index is 0.371. The summed E-state index contributed by atoms with van der Waals surface area (Å²) in [5.74, 6) is 0.980. The minimum atomic E-state index is 0.371. The van der Waals surface area contributed by atoms with Gasteiger partial charge in [-0.3, -0.25) is 0 Å². The molecule has 0 amide bonds. The Kier molecular flexibility index (Phi) is 4.24. The summed E-state index contributed by atoms with van der Waals surface area (Å²) < 4.78 is 0. The van der Waals surface area contributed by atoms with E-state index >= 15 is 0 Å². The second-order valence-corrected chi connectivity index (χ2v) is 5.35. The quantitative estimate of drug-likeness (QED) is 0.649. The summed E-state index contributed by atoms with van der Waals surface area (Å²) in [5, 5.41) is 8.64. The zero-order chi connectivity index (χ0) is 9.73. The summed E-state index contributed by atoms with van der Waals surface area (Å²) in [7, 11) is 0. The van der Waals surface area contributed by atoms with Gasteiger partial charge in [-0.15, -0.1) is 0 Å². The van der Waals surface area contributed by atoms with Gasteiger partial charge in [0.2, 0.25) is 0 Å². The first-order valence-corrected chi connectivity index (χ1v) is 5.75. The molecule has 0 heterocycles. The molecule has 1 saturated carbocycles. The first-order chi connectivity index (χ1) is 6.14. The van der Waals surface area contributed by atoms with Crippen molar-refractivity contribution in [2.24, 2.45) is 11.3 Å². The van der Waals surface area contributed by atoms with Gasteiger partial charge in [-0.25, -0.2) is 0 Å². The third kappa shape index (κ3) is 4.12. The van der Waals surface area contributed by atoms with Gasteiger partial charge in [0.1, 0.15) is 0 Å². The van der Waals surface area contributed by atoms with E-state index in [4.69, 9.17) is 5.11 Å². The molecule has 0 aromatic carbocycles. The van der Waals surface area contributed by atoms with E-state index in [1.807, 2.05) is 0 Å². The van der Waals surface area contributed by atoms with Gasteiger partial charge >= 0.3 is 0 Å². The fraction of sp³-hybridized carbons (Fsp3) is 1.00. The molecule has 0 aromatic rings. The summed E-state index contributed by atoms with van der Waals surface area (Å²) in [5.41, 5.74) is 0.613. The van der Waals surface area contributed by atoms with Crippen LogP contribution >= 0.6 is 0 Å². The molecular formula is C12H24O. The Morgan fingerprint density at radius 1 is 1.23 bits per heavy atom. The molecule has 1 fully saturated rings. The first-order valence-electron chi connectivity index (χ1n) is 5.75. The van der Waals surface area contributed by atoms with Crippen LogP contribution in [0.4, 0.5) is 0 Å². The van der Waals surface area contributed by atoms with Crippen molar-refractivity contribution in [1.82, 2.24) is 0 Å². The largest absolute Gasteiger partial charge is 0.396 e. The van der Waals surface area contributed by atoms with Crippen molar-refractivity contribution >= 4 is 0 Å². The lowest BCUT2D eigenvalue weighted by atomic mass is 9.89. The topological polar surface area (TPSA) is 20.2 Å². The zero-order valence-electron chi connectivity index (χ0n) is 9.18. The van der Waals surface area contributed by atoms with Gasteiger partial charge in [0, 0.05) is 6.61 Å². The maximum Gasteiger partial charge on any atom is 0.0431 e. The van der Waals surface area contributed by atoms with Crippen molar-refractivity contribution in [3.8, 4) is 0 Å². The SMILES string of the molecule is CC1(C)CCC(CCCCCO)C1. The smallest absolute Gasteiger partial charge is 0.0431 e. The van der Waals surface area contributed by atoms with E-state index in [1.54, 1.807) is 0 Å². The molecule has 13 heavy (non-hydrogen) atoms. The minimum Gasteiger partial charge on any atom is -0.396 e. The predicted molar refractivity (Wildman–Crippen MR) is 56.7 cm³/mol. The zero-order valence-corrected chi connectivity index (χ0v) is 9.18. The molecule has 0 spiro atoms. The summed E-state index contributed by atoms with van der Waals surface area (Å²) in [6, 6.07) is 0. The Labute approximate surface area is 82.5 Å². The molecule has 0 radical (unpaired) electrons. The average molecular weight is 184 g/mol. The summed E-state index contributed by atoms with van der Waals surface area (Å²) in [6.07, 6.45) is 9.20. The molecule has 1 aliphatic carbocycles. The van der Waals surface area contributed by atoms with Crippen LogP contribution in [0.15, 0.2) is 0 Å². The molecule has 78 valence electrons. The Balaban J connectivity index is 2.04. The monoisotopic (exact) mass is 184 g/mol. The number of rotatable bonds is 5. The van der Waals surface area contributed by atoms with E-state index < -0.39 is 0 Å². The highest BCUT2D eigenvalue weighted by molar-refractivity contribution is 4.81. The summed E-state index contributed by atoms with van der Waals surface area (Å²) in [4.78, 5) is 0. The van der Waals surface area contributed by atoms with Gasteiger partial charge in [-0.2, -0.15) is 0 Å². The van der Waals surface area contributed by atoms with Crippen molar-refractivity contribution in [2.45, 2.75) is 58.8 Å². The Morgan fingerprint density at radius 2 is 2.00 bits per heavy atom. The lowest BCUT2D eigenvalue weighted by Crippen LogP contribution is -2.05. The third-order valence-electron chi connectivity index (χ3n) is 3.34. The van der Waals surface area contributed by atoms with Crippen LogP contribution in [0.2, 0.25) is 0 Å². The van der Waals surface area contributed by atoms with Crippen LogP contribution in [0.25, 0.3) is 0 Å². The van der Waals surface area contributed by atoms with Crippen LogP contribution in [-0.2, 0) is 0 Å². The van der Waals surface area contributed by atoms with Gasteiger partial charge in [0.15, 0.2) is 0 Å². The highest BCUT2D eigenvalue weighted by Crippen LogP contribution is 2.42. The Morgan fingerprint density at radius 3 is 2.54 bits per heavy atom. The molecule has 1 N–H and O–H groups in total. The number of hydrogen-bond acceptors (Lipinski definition) is 1. The average Bonchev–Trinajstić information content (AvgIpc) is 2.40. The molecule has 0 aromatic heterocycles. The lowest BCUT2D eigenvalue weighted by molar-refractivity contribution is 0.279. The van der Waals surface area contributed by atoms with Gasteiger partial charge < -0.3 is 5.11 Å². The molecule has 1 nitrogen and oxygen atoms in total. The molecule has 1 atom stereocenters. The molecular weight excluding hydrogens is 160 g/mol. The van der Waals surface area contributed by atoms with Crippen molar-refractivity contribution in [1.29, 1.82) is 0 Å². The Hall–Kier alpha value is -0.0400. The normalized spacial score (nSPS) is 26.5. The van der Waals surface area contributed by atoms with Crippen LogP contribution < -0.4 is 0 Å². The van der Waals surface area contributed by atoms with Crippen LogP contribution in [0.1, 0.15) is 58.8 Å². The molecule has 1 rings (SSSR count). The molecule has 1 heteroatoms. The van der Waals surface area contributed by atoms with Gasteiger partial charge in [0.25, 0.3) is 0 Å². The second kappa shape index (κ2) is 4.99. The van der Waals surface area contributed by atoms with Gasteiger partial charge in [-0.05, 0) is 37.0 Å². The molecule has 0 saturated heterocycles. The van der Waals surface area contributed by atoms with Gasteiger partial charge in [0.05, 0.1) is 0 Å². The number of aliphatic hydroxyl groups is 1. The third-order valence-corrected chi connectivity index (χ3v) is 3.34. The highest BCUT2D eigenvalue weighted by Gasteiger charge is 2.29. The van der Waals surface area contributed by atoms with Crippen LogP contribution in [0, 0.1) is 11.3 Å². The van der Waals surface area contributed by atoms with Crippen molar-refractivity contribution in [2.75, 3.05) is 6.61 Å². The highest BCUT2D eigenvalue weighted by atomic mass is 16.2. The van der Waals surface area contributed by atoms with E-state index in [1.165, 1.54) is 38.5 Å². The lowest BCUT2D eigenvalue weighted by Gasteiger charge is -2.16. The number of aliphatic hydroxyl groups excluding tert-OH is 1. The standard InChI is InChI=1S/C12H24O/c1-12(2)8-7-11(10-12)6-4-3-5-9-13/h11,13H,3-10H2,1-2H3.